The van der Waals surface area contributed by atoms with Crippen LogP contribution in [0, 0.1) is 6.92 Å². The molecular formula is C33H48O5P2. The van der Waals surface area contributed by atoms with Crippen LogP contribution in [-0.4, -0.2) is 25.1 Å². The Morgan fingerprint density at radius 2 is 1.52 bits per heavy atom. The summed E-state index contributed by atoms with van der Waals surface area (Å²) in [5, 5.41) is 0. The number of rotatable bonds is 13. The number of hydrogen-bond donors (Lipinski definition) is 0. The SMILES string of the molecule is C=C(C)c1ccc(C)cc1-c1c(OP(C)(=O)C2CCCC2)cc(CCCCC)cc1OP(=O)(OC)C1CCCC1. The standard InChI is InChI=1S/C33H48O5P2/c1-7-8-9-14-26-22-31(37-39(6,34)27-15-10-11-16-27)33(30-21-25(4)19-20-29(30)24(2)3)32(23-26)38-40(35,36-5)28-17-12-13-18-28/h19-23,27-28H,2,7-18H2,1,3-6H3. The molecule has 40 heavy (non-hydrogen) atoms. The third kappa shape index (κ3) is 7.15. The zero-order chi connectivity index (χ0) is 28.9. The molecule has 0 heterocycles. The third-order valence-corrected chi connectivity index (χ3v) is 13.4. The van der Waals surface area contributed by atoms with Crippen LogP contribution in [0.3, 0.4) is 0 Å². The highest BCUT2D eigenvalue weighted by Crippen LogP contribution is 2.61. The zero-order valence-electron chi connectivity index (χ0n) is 25.2. The van der Waals surface area contributed by atoms with Crippen molar-refractivity contribution in [2.75, 3.05) is 13.8 Å². The normalized spacial score (nSPS) is 19.3. The quantitative estimate of drug-likeness (QED) is 0.173. The summed E-state index contributed by atoms with van der Waals surface area (Å²) in [5.74, 6) is 1.03. The first-order valence-corrected chi connectivity index (χ1v) is 18.9. The Labute approximate surface area is 242 Å². The molecule has 0 spiro atoms. The molecule has 0 aromatic heterocycles. The first-order valence-electron chi connectivity index (χ1n) is 15.1. The maximum atomic E-state index is 14.2. The van der Waals surface area contributed by atoms with Crippen LogP contribution in [-0.2, 0) is 20.1 Å². The second-order valence-electron chi connectivity index (χ2n) is 11.9. The van der Waals surface area contributed by atoms with Gasteiger partial charge in [-0.05, 0) is 81.2 Å². The zero-order valence-corrected chi connectivity index (χ0v) is 27.0. The van der Waals surface area contributed by atoms with Crippen LogP contribution in [0.5, 0.6) is 11.5 Å². The molecule has 0 bridgehead atoms. The Morgan fingerprint density at radius 1 is 0.925 bits per heavy atom. The molecule has 0 saturated heterocycles. The number of unbranched alkanes of at least 4 members (excludes halogenated alkanes) is 2. The van der Waals surface area contributed by atoms with Crippen molar-refractivity contribution >= 4 is 20.5 Å². The summed E-state index contributed by atoms with van der Waals surface area (Å²) >= 11 is 0. The van der Waals surface area contributed by atoms with Gasteiger partial charge in [-0.2, -0.15) is 0 Å². The molecule has 0 radical (unpaired) electrons. The largest absolute Gasteiger partial charge is 0.442 e. The summed E-state index contributed by atoms with van der Waals surface area (Å²) < 4.78 is 47.2. The van der Waals surface area contributed by atoms with Crippen LogP contribution in [0.25, 0.3) is 16.7 Å². The van der Waals surface area contributed by atoms with Crippen molar-refractivity contribution in [3.63, 3.8) is 0 Å². The van der Waals surface area contributed by atoms with Crippen LogP contribution in [0.1, 0.15) is 101 Å². The molecule has 4 rings (SSSR count). The molecule has 2 aromatic rings. The van der Waals surface area contributed by atoms with Gasteiger partial charge in [0.15, 0.2) is 0 Å². The lowest BCUT2D eigenvalue weighted by atomic mass is 9.91. The van der Waals surface area contributed by atoms with Crippen molar-refractivity contribution in [1.82, 2.24) is 0 Å². The fraction of sp³-hybridized carbons (Fsp3) is 0.576. The fourth-order valence-electron chi connectivity index (χ4n) is 6.28. The van der Waals surface area contributed by atoms with Gasteiger partial charge in [0.2, 0.25) is 7.37 Å². The van der Waals surface area contributed by atoms with Crippen molar-refractivity contribution < 1.29 is 22.7 Å². The van der Waals surface area contributed by atoms with Crippen LogP contribution in [0.4, 0.5) is 0 Å². The van der Waals surface area contributed by atoms with Gasteiger partial charge in [0.25, 0.3) is 0 Å². The van der Waals surface area contributed by atoms with E-state index in [1.807, 2.05) is 26.0 Å². The lowest BCUT2D eigenvalue weighted by Crippen LogP contribution is -2.12. The van der Waals surface area contributed by atoms with Gasteiger partial charge in [0.05, 0.1) is 11.2 Å². The van der Waals surface area contributed by atoms with Crippen molar-refractivity contribution in [3.05, 3.63) is 53.6 Å². The molecular weight excluding hydrogens is 538 g/mol. The van der Waals surface area contributed by atoms with Crippen molar-refractivity contribution in [2.45, 2.75) is 109 Å². The van der Waals surface area contributed by atoms with E-state index >= 15 is 0 Å². The maximum Gasteiger partial charge on any atom is 0.381 e. The number of benzene rings is 2. The van der Waals surface area contributed by atoms with E-state index in [9.17, 15) is 9.13 Å². The van der Waals surface area contributed by atoms with E-state index in [-0.39, 0.29) is 11.3 Å². The molecule has 2 aliphatic carbocycles. The molecule has 2 saturated carbocycles. The van der Waals surface area contributed by atoms with Gasteiger partial charge in [0.1, 0.15) is 11.5 Å². The molecule has 2 atom stereocenters. The number of aryl methyl sites for hydroxylation is 2. The Kier molecular flexibility index (Phi) is 10.5. The van der Waals surface area contributed by atoms with Crippen molar-refractivity contribution in [2.24, 2.45) is 0 Å². The Hall–Kier alpha value is -1.80. The molecule has 2 aliphatic rings. The van der Waals surface area contributed by atoms with Gasteiger partial charge in [-0.25, -0.2) is 4.57 Å². The van der Waals surface area contributed by atoms with Gasteiger partial charge < -0.3 is 13.6 Å². The monoisotopic (exact) mass is 586 g/mol. The lowest BCUT2D eigenvalue weighted by Gasteiger charge is -2.28. The van der Waals surface area contributed by atoms with Gasteiger partial charge in [-0.1, -0.05) is 81.4 Å². The Morgan fingerprint density at radius 3 is 2.10 bits per heavy atom. The smallest absolute Gasteiger partial charge is 0.381 e. The molecule has 2 fully saturated rings. The molecule has 220 valence electrons. The van der Waals surface area contributed by atoms with Gasteiger partial charge in [-0.3, -0.25) is 4.57 Å². The number of allylic oxidation sites excluding steroid dienone is 1. The van der Waals surface area contributed by atoms with Gasteiger partial charge >= 0.3 is 7.60 Å². The Balaban J connectivity index is 1.94. The van der Waals surface area contributed by atoms with E-state index in [0.29, 0.717) is 17.1 Å². The second kappa shape index (κ2) is 13.5. The molecule has 2 aromatic carbocycles. The average Bonchev–Trinajstić information content (AvgIpc) is 3.64. The lowest BCUT2D eigenvalue weighted by molar-refractivity contribution is 0.310. The minimum atomic E-state index is -3.46. The van der Waals surface area contributed by atoms with E-state index in [1.54, 1.807) is 6.66 Å². The summed E-state index contributed by atoms with van der Waals surface area (Å²) in [6.07, 6.45) is 11.8. The molecule has 2 unspecified atom stereocenters. The molecule has 0 aliphatic heterocycles. The Bertz CT molecular complexity index is 1290. The highest BCUT2D eigenvalue weighted by atomic mass is 31.2. The van der Waals surface area contributed by atoms with E-state index < -0.39 is 15.0 Å². The minimum Gasteiger partial charge on any atom is -0.442 e. The topological polar surface area (TPSA) is 61.8 Å². The van der Waals surface area contributed by atoms with E-state index in [2.05, 4.69) is 31.7 Å². The summed E-state index contributed by atoms with van der Waals surface area (Å²) in [6.45, 7) is 12.2. The minimum absolute atomic E-state index is 0.0511. The third-order valence-electron chi connectivity index (χ3n) is 8.62. The molecule has 7 heteroatoms. The van der Waals surface area contributed by atoms with Gasteiger partial charge in [0, 0.05) is 19.4 Å². The molecule has 0 amide bonds. The molecule has 5 nitrogen and oxygen atoms in total. The van der Waals surface area contributed by atoms with E-state index in [4.69, 9.17) is 13.6 Å². The predicted octanol–water partition coefficient (Wildman–Crippen LogP) is 10.8. The summed E-state index contributed by atoms with van der Waals surface area (Å²) in [7, 11) is -4.95. The first kappa shape index (κ1) is 31.1. The second-order valence-corrected chi connectivity index (χ2v) is 17.0. The van der Waals surface area contributed by atoms with Crippen LogP contribution < -0.4 is 9.05 Å². The van der Waals surface area contributed by atoms with E-state index in [1.165, 1.54) is 7.11 Å². The fourth-order valence-corrected chi connectivity index (χ4v) is 10.2. The van der Waals surface area contributed by atoms with Crippen LogP contribution in [0.2, 0.25) is 0 Å². The van der Waals surface area contributed by atoms with E-state index in [0.717, 1.165) is 105 Å². The number of hydrogen-bond acceptors (Lipinski definition) is 5. The highest BCUT2D eigenvalue weighted by Gasteiger charge is 2.40. The van der Waals surface area contributed by atoms with Crippen molar-refractivity contribution in [1.29, 1.82) is 0 Å². The maximum absolute atomic E-state index is 14.2. The summed E-state index contributed by atoms with van der Waals surface area (Å²) in [5.41, 5.74) is 5.47. The highest BCUT2D eigenvalue weighted by molar-refractivity contribution is 7.59. The summed E-state index contributed by atoms with van der Waals surface area (Å²) in [6, 6.07) is 10.3. The summed E-state index contributed by atoms with van der Waals surface area (Å²) in [4.78, 5) is 0. The van der Waals surface area contributed by atoms with Crippen LogP contribution >= 0.6 is 15.0 Å². The average molecular weight is 587 g/mol. The molecule has 0 N–H and O–H groups in total. The predicted molar refractivity (Wildman–Crippen MR) is 168 cm³/mol. The first-order chi connectivity index (χ1) is 19.1. The van der Waals surface area contributed by atoms with Crippen molar-refractivity contribution in [3.8, 4) is 22.6 Å². The van der Waals surface area contributed by atoms with Crippen LogP contribution in [0.15, 0.2) is 36.9 Å². The van der Waals surface area contributed by atoms with Gasteiger partial charge in [-0.15, -0.1) is 0 Å².